The second-order valence-electron chi connectivity index (χ2n) is 9.52. The lowest BCUT2D eigenvalue weighted by Gasteiger charge is -2.38. The highest BCUT2D eigenvalue weighted by atomic mass is 16.5. The molecule has 0 spiro atoms. The Labute approximate surface area is 215 Å². The van der Waals surface area contributed by atoms with Crippen molar-refractivity contribution in [2.75, 3.05) is 27.3 Å². The third-order valence-corrected chi connectivity index (χ3v) is 7.44. The Morgan fingerprint density at radius 3 is 1.74 bits per heavy atom. The lowest BCUT2D eigenvalue weighted by atomic mass is 9.79. The van der Waals surface area contributed by atoms with E-state index in [1.807, 2.05) is 0 Å². The first-order valence-corrected chi connectivity index (χ1v) is 11.5. The van der Waals surface area contributed by atoms with E-state index in [-0.39, 0.29) is 25.2 Å². The minimum absolute atomic E-state index is 0.133. The van der Waals surface area contributed by atoms with E-state index in [2.05, 4.69) is 0 Å². The number of Topliss-reactive ketones (excluding diaryl/α,β-unsaturated/α-hetero) is 1. The summed E-state index contributed by atoms with van der Waals surface area (Å²) in [5.74, 6) is -12.2. The molecular weight excluding hydrogens is 510 g/mol. The first kappa shape index (κ1) is 27.2. The Bertz CT molecular complexity index is 1270. The fourth-order valence-corrected chi connectivity index (χ4v) is 5.30. The molecule has 0 aromatic heterocycles. The molecule has 1 fully saturated rings. The van der Waals surface area contributed by atoms with Gasteiger partial charge in [-0.1, -0.05) is 0 Å². The molecule has 1 unspecified atom stereocenters. The summed E-state index contributed by atoms with van der Waals surface area (Å²) in [6.45, 7) is 0.405. The molecule has 1 atom stereocenters. The molecule has 1 aliphatic carbocycles. The van der Waals surface area contributed by atoms with Crippen LogP contribution in [-0.4, -0.2) is 94.7 Å². The van der Waals surface area contributed by atoms with Gasteiger partial charge in [0.1, 0.15) is 0 Å². The molecule has 1 heterocycles. The van der Waals surface area contributed by atoms with Crippen LogP contribution in [0.2, 0.25) is 0 Å². The Morgan fingerprint density at radius 2 is 1.24 bits per heavy atom. The van der Waals surface area contributed by atoms with Crippen LogP contribution in [0, 0.1) is 5.92 Å². The minimum atomic E-state index is -3.28. The topological polar surface area (TPSA) is 241 Å². The maximum atomic E-state index is 13.2. The molecule has 0 radical (unpaired) electrons. The highest BCUT2D eigenvalue weighted by molar-refractivity contribution is 6.12. The average Bonchev–Trinajstić information content (AvgIpc) is 3.04. The third kappa shape index (κ3) is 3.67. The summed E-state index contributed by atoms with van der Waals surface area (Å²) < 4.78 is 9.97. The van der Waals surface area contributed by atoms with Gasteiger partial charge in [-0.3, -0.25) is 9.69 Å². The number of carbonyl (C=O) groups excluding carboxylic acids is 1. The van der Waals surface area contributed by atoms with Crippen molar-refractivity contribution < 1.29 is 65.3 Å². The number of carbonyl (C=O) groups is 1. The molecule has 1 saturated heterocycles. The number of likely N-dealkylation sites (tertiary alicyclic amines) is 1. The number of rotatable bonds is 6. The van der Waals surface area contributed by atoms with Crippen LogP contribution in [0.5, 0.6) is 51.7 Å². The van der Waals surface area contributed by atoms with Crippen LogP contribution in [0.15, 0.2) is 0 Å². The number of ketones is 1. The summed E-state index contributed by atoms with van der Waals surface area (Å²) in [5.41, 5.74) is -4.58. The summed E-state index contributed by atoms with van der Waals surface area (Å²) in [6, 6.07) is 0. The predicted molar refractivity (Wildman–Crippen MR) is 126 cm³/mol. The van der Waals surface area contributed by atoms with E-state index in [4.69, 9.17) is 9.47 Å². The molecule has 2 aromatic rings. The molecule has 14 heteroatoms. The van der Waals surface area contributed by atoms with E-state index in [1.54, 1.807) is 4.90 Å². The lowest BCUT2D eigenvalue weighted by Crippen LogP contribution is -2.54. The number of piperidine rings is 1. The van der Waals surface area contributed by atoms with Crippen molar-refractivity contribution in [1.82, 2.24) is 4.90 Å². The van der Waals surface area contributed by atoms with Crippen LogP contribution in [0.3, 0.4) is 0 Å². The maximum absolute atomic E-state index is 13.2. The minimum Gasteiger partial charge on any atom is -0.504 e. The molecule has 2 aliphatic rings. The van der Waals surface area contributed by atoms with Crippen molar-refractivity contribution >= 4 is 5.78 Å². The number of fused-ring (bicyclic) bond motifs is 1. The van der Waals surface area contributed by atoms with Gasteiger partial charge in [0.15, 0.2) is 28.6 Å². The van der Waals surface area contributed by atoms with Crippen molar-refractivity contribution in [3.63, 3.8) is 0 Å². The normalized spacial score (nSPS) is 21.4. The number of hydrogen-bond donors (Lipinski definition) is 10. The summed E-state index contributed by atoms with van der Waals surface area (Å²) in [7, 11) is 2.26. The lowest BCUT2D eigenvalue weighted by molar-refractivity contribution is -0.263. The molecule has 38 heavy (non-hydrogen) atoms. The van der Waals surface area contributed by atoms with Crippen molar-refractivity contribution in [2.24, 2.45) is 5.92 Å². The molecule has 0 saturated carbocycles. The van der Waals surface area contributed by atoms with Crippen molar-refractivity contribution in [1.29, 1.82) is 0 Å². The zero-order chi connectivity index (χ0) is 28.3. The number of nitrogens with zero attached hydrogens (tertiary/aromatic N) is 1. The molecule has 208 valence electrons. The number of phenolic OH excluding ortho intramolecular Hbond substituents is 7. The monoisotopic (exact) mass is 539 g/mol. The second kappa shape index (κ2) is 9.16. The van der Waals surface area contributed by atoms with Gasteiger partial charge in [0.25, 0.3) is 0 Å². The molecule has 0 bridgehead atoms. The number of methoxy groups -OCH3 is 2. The summed E-state index contributed by atoms with van der Waals surface area (Å²) in [6.07, 6.45) is 0.135. The van der Waals surface area contributed by atoms with E-state index in [1.165, 1.54) is 0 Å². The van der Waals surface area contributed by atoms with Crippen LogP contribution in [-0.2, 0) is 12.3 Å². The van der Waals surface area contributed by atoms with Crippen LogP contribution < -0.4 is 9.47 Å². The fraction of sp³-hybridized carbons (Fsp3) is 0.458. The predicted octanol–water partition coefficient (Wildman–Crippen LogP) is 0.0101. The van der Waals surface area contributed by atoms with E-state index in [0.29, 0.717) is 12.8 Å². The van der Waals surface area contributed by atoms with E-state index >= 15 is 0 Å². The molecule has 4 rings (SSSR count). The number of ether oxygens (including phenoxy) is 2. The van der Waals surface area contributed by atoms with Gasteiger partial charge in [-0.05, 0) is 38.3 Å². The van der Waals surface area contributed by atoms with Crippen LogP contribution >= 0.6 is 0 Å². The van der Waals surface area contributed by atoms with Crippen LogP contribution in [0.25, 0.3) is 0 Å². The van der Waals surface area contributed by atoms with Gasteiger partial charge in [-0.15, -0.1) is 0 Å². The highest BCUT2D eigenvalue weighted by Crippen LogP contribution is 2.59. The Hall–Kier alpha value is -3.85. The number of hydrogen-bond acceptors (Lipinski definition) is 14. The van der Waals surface area contributed by atoms with Crippen LogP contribution in [0.4, 0.5) is 0 Å². The average molecular weight is 539 g/mol. The quantitative estimate of drug-likeness (QED) is 0.132. The van der Waals surface area contributed by atoms with Gasteiger partial charge >= 0.3 is 0 Å². The molecule has 14 nitrogen and oxygen atoms in total. The SMILES string of the molecule is COc1c(O)c2c(c(O)c1OC)C(O)(O)C(O)(CC1CCN(Cc3c(O)c(O)c(O)c(O)c3O)CC1)C2=O. The molecule has 0 amide bonds. The summed E-state index contributed by atoms with van der Waals surface area (Å²) in [4.78, 5) is 15.0. The smallest absolute Gasteiger partial charge is 0.232 e. The van der Waals surface area contributed by atoms with Crippen molar-refractivity contribution in [3.8, 4) is 51.7 Å². The first-order chi connectivity index (χ1) is 17.7. The summed E-state index contributed by atoms with van der Waals surface area (Å²) in [5, 5.41) is 104. The number of benzene rings is 2. The van der Waals surface area contributed by atoms with Gasteiger partial charge in [0.2, 0.25) is 40.3 Å². The third-order valence-electron chi connectivity index (χ3n) is 7.44. The maximum Gasteiger partial charge on any atom is 0.232 e. The standard InChI is InChI=1S/C24H29NO13/c1-37-20-15(28)11-12(16(29)21(20)38-2)24(35,36)23(34,22(11)33)7-9-3-5-25(6-4-9)8-10-13(26)17(30)19(32)18(31)14(10)27/h9,26-32,34-36H,3-8H2,1-2H3. The van der Waals surface area contributed by atoms with E-state index in [0.717, 1.165) is 14.2 Å². The molecule has 2 aromatic carbocycles. The van der Waals surface area contributed by atoms with Gasteiger partial charge < -0.3 is 60.5 Å². The molecule has 1 aliphatic heterocycles. The Balaban J connectivity index is 1.55. The first-order valence-electron chi connectivity index (χ1n) is 11.5. The van der Waals surface area contributed by atoms with Crippen molar-refractivity contribution in [2.45, 2.75) is 37.2 Å². The van der Waals surface area contributed by atoms with E-state index in [9.17, 15) is 55.9 Å². The van der Waals surface area contributed by atoms with Gasteiger partial charge in [-0.25, -0.2) is 0 Å². The highest BCUT2D eigenvalue weighted by Gasteiger charge is 2.65. The van der Waals surface area contributed by atoms with Crippen LogP contribution in [0.1, 0.15) is 40.7 Å². The summed E-state index contributed by atoms with van der Waals surface area (Å²) >= 11 is 0. The number of aromatic hydroxyl groups is 7. The van der Waals surface area contributed by atoms with Gasteiger partial charge in [0, 0.05) is 6.54 Å². The number of phenols is 7. The zero-order valence-corrected chi connectivity index (χ0v) is 20.5. The van der Waals surface area contributed by atoms with Gasteiger partial charge in [-0.2, -0.15) is 0 Å². The van der Waals surface area contributed by atoms with Gasteiger partial charge in [0.05, 0.1) is 30.9 Å². The second-order valence-corrected chi connectivity index (χ2v) is 9.52. The van der Waals surface area contributed by atoms with Crippen molar-refractivity contribution in [3.05, 3.63) is 16.7 Å². The Kier molecular flexibility index (Phi) is 6.56. The molecule has 10 N–H and O–H groups in total. The molecular formula is C24H29NO13. The largest absolute Gasteiger partial charge is 0.504 e. The fourth-order valence-electron chi connectivity index (χ4n) is 5.30. The Morgan fingerprint density at radius 1 is 0.763 bits per heavy atom. The van der Waals surface area contributed by atoms with E-state index < -0.39 is 92.4 Å². The number of aliphatic hydroxyl groups is 3. The zero-order valence-electron chi connectivity index (χ0n) is 20.5.